The normalized spacial score (nSPS) is 22.6. The molecule has 1 aliphatic carbocycles. The van der Waals surface area contributed by atoms with E-state index in [9.17, 15) is 9.90 Å². The molecule has 0 bridgehead atoms. The Morgan fingerprint density at radius 2 is 1.71 bits per heavy atom. The van der Waals surface area contributed by atoms with Crippen LogP contribution in [0.5, 0.6) is 0 Å². The summed E-state index contributed by atoms with van der Waals surface area (Å²) < 4.78 is 0. The molecule has 0 radical (unpaired) electrons. The highest BCUT2D eigenvalue weighted by Crippen LogP contribution is 2.37. The Morgan fingerprint density at radius 3 is 2.07 bits per heavy atom. The molecule has 82 valence electrons. The van der Waals surface area contributed by atoms with Crippen LogP contribution in [0.15, 0.2) is 0 Å². The van der Waals surface area contributed by atoms with E-state index in [1.807, 2.05) is 0 Å². The first-order chi connectivity index (χ1) is 6.54. The Bertz CT molecular complexity index is 190. The second-order valence-electron chi connectivity index (χ2n) is 5.01. The molecule has 2 heteroatoms. The van der Waals surface area contributed by atoms with Gasteiger partial charge in [0.25, 0.3) is 0 Å². The van der Waals surface area contributed by atoms with Crippen LogP contribution in [0.3, 0.4) is 0 Å². The summed E-state index contributed by atoms with van der Waals surface area (Å²) in [6.07, 6.45) is 4.68. The van der Waals surface area contributed by atoms with E-state index < -0.39 is 5.97 Å². The Kier molecular flexibility index (Phi) is 3.97. The van der Waals surface area contributed by atoms with Gasteiger partial charge in [-0.1, -0.05) is 33.6 Å². The van der Waals surface area contributed by atoms with Crippen molar-refractivity contribution in [3.05, 3.63) is 0 Å². The van der Waals surface area contributed by atoms with Gasteiger partial charge in [-0.25, -0.2) is 0 Å². The van der Waals surface area contributed by atoms with E-state index in [0.29, 0.717) is 17.8 Å². The van der Waals surface area contributed by atoms with Crippen molar-refractivity contribution in [3.8, 4) is 0 Å². The van der Waals surface area contributed by atoms with Crippen LogP contribution in [0.2, 0.25) is 0 Å². The van der Waals surface area contributed by atoms with Gasteiger partial charge in [0.1, 0.15) is 0 Å². The molecular weight excluding hydrogens is 176 g/mol. The van der Waals surface area contributed by atoms with Crippen molar-refractivity contribution in [1.29, 1.82) is 0 Å². The lowest BCUT2D eigenvalue weighted by Gasteiger charge is -2.28. The third-order valence-electron chi connectivity index (χ3n) is 3.81. The van der Waals surface area contributed by atoms with Gasteiger partial charge >= 0.3 is 5.97 Å². The summed E-state index contributed by atoms with van der Waals surface area (Å²) in [4.78, 5) is 11.2. The van der Waals surface area contributed by atoms with E-state index in [1.165, 1.54) is 12.8 Å². The summed E-state index contributed by atoms with van der Waals surface area (Å²) in [6.45, 7) is 6.33. The zero-order valence-electron chi connectivity index (χ0n) is 9.49. The first-order valence-corrected chi connectivity index (χ1v) is 5.76. The zero-order valence-corrected chi connectivity index (χ0v) is 9.49. The molecule has 0 heterocycles. The van der Waals surface area contributed by atoms with Crippen molar-refractivity contribution in [2.45, 2.75) is 46.5 Å². The number of aliphatic carboxylic acids is 1. The van der Waals surface area contributed by atoms with Gasteiger partial charge in [0.15, 0.2) is 0 Å². The van der Waals surface area contributed by atoms with E-state index in [2.05, 4.69) is 20.8 Å². The molecule has 1 saturated carbocycles. The average Bonchev–Trinajstić information content (AvgIpc) is 2.56. The third kappa shape index (κ3) is 2.49. The highest BCUT2D eigenvalue weighted by atomic mass is 16.4. The standard InChI is InChI=1S/C12H22O2/c1-8(2)9(3)11(12(13)14)10-6-4-5-7-10/h8-11H,4-7H2,1-3H3,(H,13,14). The van der Waals surface area contributed by atoms with Gasteiger partial charge in [-0.2, -0.15) is 0 Å². The molecule has 0 aliphatic heterocycles. The maximum Gasteiger partial charge on any atom is 0.307 e. The lowest BCUT2D eigenvalue weighted by Crippen LogP contribution is -2.31. The lowest BCUT2D eigenvalue weighted by molar-refractivity contribution is -0.146. The fourth-order valence-electron chi connectivity index (χ4n) is 2.59. The molecule has 1 N–H and O–H groups in total. The summed E-state index contributed by atoms with van der Waals surface area (Å²) in [7, 11) is 0. The molecule has 0 saturated heterocycles. The van der Waals surface area contributed by atoms with Gasteiger partial charge in [0.2, 0.25) is 0 Å². The molecular formula is C12H22O2. The van der Waals surface area contributed by atoms with Crippen LogP contribution >= 0.6 is 0 Å². The summed E-state index contributed by atoms with van der Waals surface area (Å²) in [5.41, 5.74) is 0. The summed E-state index contributed by atoms with van der Waals surface area (Å²) in [5, 5.41) is 9.25. The SMILES string of the molecule is CC(C)C(C)C(C(=O)O)C1CCCC1. The molecule has 1 rings (SSSR count). The van der Waals surface area contributed by atoms with E-state index in [1.54, 1.807) is 0 Å². The number of carboxylic acids is 1. The van der Waals surface area contributed by atoms with Crippen LogP contribution in [0.25, 0.3) is 0 Å². The second kappa shape index (κ2) is 4.81. The average molecular weight is 198 g/mol. The number of rotatable bonds is 4. The van der Waals surface area contributed by atoms with Crippen molar-refractivity contribution >= 4 is 5.97 Å². The highest BCUT2D eigenvalue weighted by molar-refractivity contribution is 5.70. The molecule has 0 amide bonds. The van der Waals surface area contributed by atoms with Crippen molar-refractivity contribution in [3.63, 3.8) is 0 Å². The number of carboxylic acid groups (broad SMARTS) is 1. The monoisotopic (exact) mass is 198 g/mol. The molecule has 0 aromatic heterocycles. The van der Waals surface area contributed by atoms with Crippen molar-refractivity contribution in [2.75, 3.05) is 0 Å². The number of hydrogen-bond acceptors (Lipinski definition) is 1. The Labute approximate surface area is 86.7 Å². The van der Waals surface area contributed by atoms with Crippen LogP contribution in [-0.4, -0.2) is 11.1 Å². The minimum Gasteiger partial charge on any atom is -0.481 e. The van der Waals surface area contributed by atoms with Crippen LogP contribution in [0.4, 0.5) is 0 Å². The molecule has 0 spiro atoms. The molecule has 1 fully saturated rings. The minimum absolute atomic E-state index is 0.113. The lowest BCUT2D eigenvalue weighted by atomic mass is 9.76. The van der Waals surface area contributed by atoms with Gasteiger partial charge in [-0.05, 0) is 30.6 Å². The van der Waals surface area contributed by atoms with Gasteiger partial charge in [0.05, 0.1) is 5.92 Å². The van der Waals surface area contributed by atoms with Crippen LogP contribution in [-0.2, 0) is 4.79 Å². The topological polar surface area (TPSA) is 37.3 Å². The van der Waals surface area contributed by atoms with Gasteiger partial charge in [-0.3, -0.25) is 4.79 Å². The van der Waals surface area contributed by atoms with Gasteiger partial charge in [0, 0.05) is 0 Å². The Balaban J connectivity index is 2.67. The second-order valence-corrected chi connectivity index (χ2v) is 5.01. The van der Waals surface area contributed by atoms with Gasteiger partial charge < -0.3 is 5.11 Å². The van der Waals surface area contributed by atoms with Gasteiger partial charge in [-0.15, -0.1) is 0 Å². The van der Waals surface area contributed by atoms with Crippen molar-refractivity contribution < 1.29 is 9.90 Å². The summed E-state index contributed by atoms with van der Waals surface area (Å²) >= 11 is 0. The molecule has 1 aliphatic rings. The molecule has 0 aromatic rings. The molecule has 2 atom stereocenters. The largest absolute Gasteiger partial charge is 0.481 e. The fourth-order valence-corrected chi connectivity index (χ4v) is 2.59. The minimum atomic E-state index is -0.585. The number of hydrogen-bond donors (Lipinski definition) is 1. The maximum absolute atomic E-state index is 11.2. The zero-order chi connectivity index (χ0) is 10.7. The van der Waals surface area contributed by atoms with E-state index in [4.69, 9.17) is 0 Å². The Morgan fingerprint density at radius 1 is 1.21 bits per heavy atom. The van der Waals surface area contributed by atoms with Crippen molar-refractivity contribution in [1.82, 2.24) is 0 Å². The summed E-state index contributed by atoms with van der Waals surface area (Å²) in [5.74, 6) is 0.507. The number of carbonyl (C=O) groups is 1. The Hall–Kier alpha value is -0.530. The summed E-state index contributed by atoms with van der Waals surface area (Å²) in [6, 6.07) is 0. The molecule has 2 unspecified atom stereocenters. The fraction of sp³-hybridized carbons (Fsp3) is 0.917. The highest BCUT2D eigenvalue weighted by Gasteiger charge is 2.35. The third-order valence-corrected chi connectivity index (χ3v) is 3.81. The predicted octanol–water partition coefficient (Wildman–Crippen LogP) is 3.17. The van der Waals surface area contributed by atoms with Crippen LogP contribution < -0.4 is 0 Å². The first kappa shape index (κ1) is 11.5. The molecule has 14 heavy (non-hydrogen) atoms. The maximum atomic E-state index is 11.2. The quantitative estimate of drug-likeness (QED) is 0.753. The van der Waals surface area contributed by atoms with Crippen LogP contribution in [0.1, 0.15) is 46.5 Å². The smallest absolute Gasteiger partial charge is 0.307 e. The first-order valence-electron chi connectivity index (χ1n) is 5.76. The molecule has 2 nitrogen and oxygen atoms in total. The molecule has 0 aromatic carbocycles. The van der Waals surface area contributed by atoms with E-state index in [-0.39, 0.29) is 5.92 Å². The van der Waals surface area contributed by atoms with Crippen LogP contribution in [0, 0.1) is 23.7 Å². The predicted molar refractivity (Wildman–Crippen MR) is 57.1 cm³/mol. The van der Waals surface area contributed by atoms with E-state index >= 15 is 0 Å². The van der Waals surface area contributed by atoms with E-state index in [0.717, 1.165) is 12.8 Å². The van der Waals surface area contributed by atoms with Crippen molar-refractivity contribution in [2.24, 2.45) is 23.7 Å².